The van der Waals surface area contributed by atoms with Crippen LogP contribution in [0.15, 0.2) is 48.5 Å². The third-order valence-electron chi connectivity index (χ3n) is 3.36. The molecular weight excluding hydrogens is 325 g/mol. The Morgan fingerprint density at radius 2 is 1.76 bits per heavy atom. The van der Waals surface area contributed by atoms with E-state index in [1.165, 1.54) is 18.2 Å². The average Bonchev–Trinajstić information content (AvgIpc) is 2.60. The fraction of sp³-hybridized carbons (Fsp3) is 0.211. The average molecular weight is 343 g/mol. The van der Waals surface area contributed by atoms with Crippen molar-refractivity contribution in [3.05, 3.63) is 65.5 Å². The quantitative estimate of drug-likeness (QED) is 0.616. The third kappa shape index (κ3) is 5.53. The van der Waals surface area contributed by atoms with E-state index in [4.69, 9.17) is 4.74 Å². The van der Waals surface area contributed by atoms with Crippen molar-refractivity contribution in [2.45, 2.75) is 19.8 Å². The minimum Gasteiger partial charge on any atom is -0.454 e. The van der Waals surface area contributed by atoms with Crippen LogP contribution in [0, 0.1) is 5.82 Å². The van der Waals surface area contributed by atoms with Gasteiger partial charge in [0.2, 0.25) is 5.91 Å². The number of ether oxygens (including phenoxy) is 1. The first-order valence-electron chi connectivity index (χ1n) is 7.85. The lowest BCUT2D eigenvalue weighted by molar-refractivity contribution is -0.116. The largest absolute Gasteiger partial charge is 0.454 e. The standard InChI is InChI=1S/C19H18FNO4/c1-2-4-18(23)21-16-9-7-13(8-10-16)17(22)12-25-19(24)14-5-3-6-15(20)11-14/h3,5-11H,2,4,12H2,1H3,(H,21,23). The first-order valence-corrected chi connectivity index (χ1v) is 7.85. The summed E-state index contributed by atoms with van der Waals surface area (Å²) in [5, 5.41) is 2.71. The number of halogens is 1. The predicted molar refractivity (Wildman–Crippen MR) is 91.0 cm³/mol. The van der Waals surface area contributed by atoms with Crippen molar-refractivity contribution < 1.29 is 23.5 Å². The molecule has 0 aliphatic heterocycles. The van der Waals surface area contributed by atoms with E-state index in [1.54, 1.807) is 24.3 Å². The number of carbonyl (C=O) groups excluding carboxylic acids is 3. The molecular formula is C19H18FNO4. The second-order valence-electron chi connectivity index (χ2n) is 5.39. The molecule has 6 heteroatoms. The SMILES string of the molecule is CCCC(=O)Nc1ccc(C(=O)COC(=O)c2cccc(F)c2)cc1. The summed E-state index contributed by atoms with van der Waals surface area (Å²) in [7, 11) is 0. The smallest absolute Gasteiger partial charge is 0.338 e. The molecule has 0 aliphatic carbocycles. The van der Waals surface area contributed by atoms with Crippen LogP contribution >= 0.6 is 0 Å². The Kier molecular flexibility index (Phi) is 6.39. The number of amides is 1. The molecule has 2 aromatic carbocycles. The zero-order chi connectivity index (χ0) is 18.2. The van der Waals surface area contributed by atoms with Gasteiger partial charge in [-0.25, -0.2) is 9.18 Å². The van der Waals surface area contributed by atoms with Crippen molar-refractivity contribution in [2.24, 2.45) is 0 Å². The first kappa shape index (κ1) is 18.3. The summed E-state index contributed by atoms with van der Waals surface area (Å²) in [6.07, 6.45) is 1.18. The Morgan fingerprint density at radius 3 is 2.40 bits per heavy atom. The summed E-state index contributed by atoms with van der Waals surface area (Å²) in [6, 6.07) is 11.3. The molecule has 0 radical (unpaired) electrons. The van der Waals surface area contributed by atoms with Crippen LogP contribution in [0.5, 0.6) is 0 Å². The fourth-order valence-corrected chi connectivity index (χ4v) is 2.10. The molecule has 0 unspecified atom stereocenters. The van der Waals surface area contributed by atoms with Crippen LogP contribution in [-0.2, 0) is 9.53 Å². The Bertz CT molecular complexity index is 771. The minimum absolute atomic E-state index is 0.0433. The number of nitrogens with one attached hydrogen (secondary N) is 1. The Hall–Kier alpha value is -3.02. The van der Waals surface area contributed by atoms with E-state index < -0.39 is 24.2 Å². The van der Waals surface area contributed by atoms with Crippen LogP contribution in [0.3, 0.4) is 0 Å². The van der Waals surface area contributed by atoms with Crippen LogP contribution in [0.25, 0.3) is 0 Å². The number of esters is 1. The van der Waals surface area contributed by atoms with Gasteiger partial charge in [0.05, 0.1) is 5.56 Å². The molecule has 25 heavy (non-hydrogen) atoms. The van der Waals surface area contributed by atoms with Crippen LogP contribution in [0.1, 0.15) is 40.5 Å². The molecule has 0 heterocycles. The van der Waals surface area contributed by atoms with E-state index in [0.717, 1.165) is 12.5 Å². The molecule has 130 valence electrons. The number of Topliss-reactive ketones (excluding diaryl/α,β-unsaturated/α-hetero) is 1. The van der Waals surface area contributed by atoms with Gasteiger partial charge in [-0.3, -0.25) is 9.59 Å². The minimum atomic E-state index is -0.767. The maximum atomic E-state index is 13.1. The van der Waals surface area contributed by atoms with E-state index in [1.807, 2.05) is 6.92 Å². The van der Waals surface area contributed by atoms with Crippen molar-refractivity contribution >= 4 is 23.3 Å². The van der Waals surface area contributed by atoms with Crippen molar-refractivity contribution in [1.82, 2.24) is 0 Å². The van der Waals surface area contributed by atoms with Gasteiger partial charge in [-0.05, 0) is 48.9 Å². The number of anilines is 1. The molecule has 5 nitrogen and oxygen atoms in total. The maximum Gasteiger partial charge on any atom is 0.338 e. The number of rotatable bonds is 7. The van der Waals surface area contributed by atoms with Gasteiger partial charge in [0.25, 0.3) is 0 Å². The lowest BCUT2D eigenvalue weighted by Gasteiger charge is -2.07. The molecule has 0 atom stereocenters. The summed E-state index contributed by atoms with van der Waals surface area (Å²) < 4.78 is 18.0. The molecule has 0 bridgehead atoms. The van der Waals surface area contributed by atoms with E-state index in [2.05, 4.69) is 5.32 Å². The monoisotopic (exact) mass is 343 g/mol. The molecule has 0 spiro atoms. The Labute approximate surface area is 144 Å². The lowest BCUT2D eigenvalue weighted by Crippen LogP contribution is -2.15. The van der Waals surface area contributed by atoms with Crippen molar-refractivity contribution in [3.8, 4) is 0 Å². The molecule has 0 saturated heterocycles. The van der Waals surface area contributed by atoms with Crippen molar-refractivity contribution in [1.29, 1.82) is 0 Å². The zero-order valence-electron chi connectivity index (χ0n) is 13.8. The summed E-state index contributed by atoms with van der Waals surface area (Å²) in [6.45, 7) is 1.46. The molecule has 0 aromatic heterocycles. The van der Waals surface area contributed by atoms with Crippen LogP contribution in [0.4, 0.5) is 10.1 Å². The number of hydrogen-bond acceptors (Lipinski definition) is 4. The van der Waals surface area contributed by atoms with E-state index >= 15 is 0 Å². The highest BCUT2D eigenvalue weighted by Gasteiger charge is 2.12. The van der Waals surface area contributed by atoms with Gasteiger partial charge in [-0.2, -0.15) is 0 Å². The van der Waals surface area contributed by atoms with Crippen LogP contribution < -0.4 is 5.32 Å². The van der Waals surface area contributed by atoms with Gasteiger partial charge >= 0.3 is 5.97 Å². The first-order chi connectivity index (χ1) is 12.0. The Balaban J connectivity index is 1.90. The van der Waals surface area contributed by atoms with E-state index in [0.29, 0.717) is 17.7 Å². The summed E-state index contributed by atoms with van der Waals surface area (Å²) in [5.41, 5.74) is 0.981. The molecule has 1 N–H and O–H groups in total. The topological polar surface area (TPSA) is 72.5 Å². The molecule has 0 fully saturated rings. The number of carbonyl (C=O) groups is 3. The summed E-state index contributed by atoms with van der Waals surface area (Å²) in [4.78, 5) is 35.3. The van der Waals surface area contributed by atoms with Gasteiger partial charge in [0.15, 0.2) is 12.4 Å². The van der Waals surface area contributed by atoms with Gasteiger partial charge in [-0.15, -0.1) is 0 Å². The highest BCUT2D eigenvalue weighted by atomic mass is 19.1. The Morgan fingerprint density at radius 1 is 1.04 bits per heavy atom. The molecule has 1 amide bonds. The molecule has 2 rings (SSSR count). The normalized spacial score (nSPS) is 10.2. The maximum absolute atomic E-state index is 13.1. The van der Waals surface area contributed by atoms with Crippen LogP contribution in [0.2, 0.25) is 0 Å². The van der Waals surface area contributed by atoms with E-state index in [-0.39, 0.29) is 11.5 Å². The third-order valence-corrected chi connectivity index (χ3v) is 3.36. The van der Waals surface area contributed by atoms with Gasteiger partial charge < -0.3 is 10.1 Å². The predicted octanol–water partition coefficient (Wildman–Crippen LogP) is 3.60. The molecule has 0 aliphatic rings. The lowest BCUT2D eigenvalue weighted by atomic mass is 10.1. The van der Waals surface area contributed by atoms with Gasteiger partial charge in [0, 0.05) is 17.7 Å². The highest BCUT2D eigenvalue weighted by molar-refractivity contribution is 6.00. The van der Waals surface area contributed by atoms with Gasteiger partial charge in [0.1, 0.15) is 5.82 Å². The molecule has 0 saturated carbocycles. The number of hydrogen-bond donors (Lipinski definition) is 1. The van der Waals surface area contributed by atoms with Gasteiger partial charge in [-0.1, -0.05) is 13.0 Å². The van der Waals surface area contributed by atoms with E-state index in [9.17, 15) is 18.8 Å². The van der Waals surface area contributed by atoms with Crippen molar-refractivity contribution in [2.75, 3.05) is 11.9 Å². The number of ketones is 1. The highest BCUT2D eigenvalue weighted by Crippen LogP contribution is 2.12. The second kappa shape index (κ2) is 8.73. The van der Waals surface area contributed by atoms with Crippen LogP contribution in [-0.4, -0.2) is 24.3 Å². The molecule has 2 aromatic rings. The number of benzene rings is 2. The van der Waals surface area contributed by atoms with Crippen molar-refractivity contribution in [3.63, 3.8) is 0 Å². The fourth-order valence-electron chi connectivity index (χ4n) is 2.10. The second-order valence-corrected chi connectivity index (χ2v) is 5.39. The summed E-state index contributed by atoms with van der Waals surface area (Å²) in [5.74, 6) is -1.81. The summed E-state index contributed by atoms with van der Waals surface area (Å²) >= 11 is 0. The zero-order valence-corrected chi connectivity index (χ0v) is 13.8.